The third-order valence-electron chi connectivity index (χ3n) is 6.35. The monoisotopic (exact) mass is 489 g/mol. The second kappa shape index (κ2) is 8.58. The number of aromatic nitrogens is 3. The summed E-state index contributed by atoms with van der Waals surface area (Å²) < 4.78 is 77.1. The smallest absolute Gasteiger partial charge is 0.337 e. The van der Waals surface area contributed by atoms with Gasteiger partial charge in [-0.3, -0.25) is 9.59 Å². The highest BCUT2D eigenvalue weighted by Gasteiger charge is 2.42. The minimum atomic E-state index is -4.76. The van der Waals surface area contributed by atoms with E-state index in [4.69, 9.17) is 0 Å². The standard InChI is InChI=1S/C21H21F6N5O2/c1-11-10-31(19-29-8-15(9-30-19)20(22,23)24)2-3-32(11)18(34)13-4-12(5-13)14-6-16(21(25,26)27)17(33)28-7-14/h6-9,11-13H,2-5,10H2,1H3,(H,28,33)/t11-,12?,13?/m0/s1. The normalized spacial score (nSPS) is 23.6. The molecule has 1 aliphatic heterocycles. The summed E-state index contributed by atoms with van der Waals surface area (Å²) in [4.78, 5) is 37.5. The number of rotatable bonds is 3. The topological polar surface area (TPSA) is 82.2 Å². The maximum absolute atomic E-state index is 13.0. The summed E-state index contributed by atoms with van der Waals surface area (Å²) in [5.41, 5.74) is -3.06. The number of nitrogens with one attached hydrogen (secondary N) is 1. The van der Waals surface area contributed by atoms with Gasteiger partial charge in [-0.25, -0.2) is 9.97 Å². The van der Waals surface area contributed by atoms with E-state index in [9.17, 15) is 35.9 Å². The molecule has 1 saturated carbocycles. The van der Waals surface area contributed by atoms with Crippen LogP contribution in [-0.4, -0.2) is 51.4 Å². The van der Waals surface area contributed by atoms with Crippen molar-refractivity contribution in [3.8, 4) is 0 Å². The Balaban J connectivity index is 1.35. The Hall–Kier alpha value is -3.12. The van der Waals surface area contributed by atoms with Crippen molar-refractivity contribution in [3.05, 3.63) is 51.7 Å². The van der Waals surface area contributed by atoms with Gasteiger partial charge in [0.15, 0.2) is 0 Å². The first-order valence-electron chi connectivity index (χ1n) is 10.6. The maximum atomic E-state index is 13.0. The van der Waals surface area contributed by atoms with E-state index >= 15 is 0 Å². The van der Waals surface area contributed by atoms with Crippen molar-refractivity contribution in [3.63, 3.8) is 0 Å². The molecule has 34 heavy (non-hydrogen) atoms. The molecule has 2 fully saturated rings. The molecule has 0 spiro atoms. The van der Waals surface area contributed by atoms with Crippen LogP contribution in [0.5, 0.6) is 0 Å². The molecule has 3 heterocycles. The molecule has 2 aliphatic rings. The van der Waals surface area contributed by atoms with Crippen molar-refractivity contribution in [2.45, 2.75) is 44.1 Å². The second-order valence-electron chi connectivity index (χ2n) is 8.63. The van der Waals surface area contributed by atoms with E-state index in [-0.39, 0.29) is 29.7 Å². The predicted octanol–water partition coefficient (Wildman–Crippen LogP) is 3.43. The fourth-order valence-corrected chi connectivity index (χ4v) is 4.37. The summed E-state index contributed by atoms with van der Waals surface area (Å²) in [7, 11) is 0. The van der Waals surface area contributed by atoms with E-state index in [1.165, 1.54) is 6.20 Å². The molecule has 1 N–H and O–H groups in total. The van der Waals surface area contributed by atoms with E-state index in [2.05, 4.69) is 15.0 Å². The van der Waals surface area contributed by atoms with Gasteiger partial charge < -0.3 is 14.8 Å². The number of nitrogens with zero attached hydrogens (tertiary/aromatic N) is 4. The minimum Gasteiger partial charge on any atom is -0.337 e. The van der Waals surface area contributed by atoms with Crippen molar-refractivity contribution in [2.75, 3.05) is 24.5 Å². The number of piperazine rings is 1. The summed E-state index contributed by atoms with van der Waals surface area (Å²) in [6.07, 6.45) is -5.84. The number of H-pyrrole nitrogens is 1. The van der Waals surface area contributed by atoms with Crippen molar-refractivity contribution in [1.29, 1.82) is 0 Å². The number of pyridine rings is 1. The molecule has 1 atom stereocenters. The summed E-state index contributed by atoms with van der Waals surface area (Å²) in [5, 5.41) is 0. The predicted molar refractivity (Wildman–Crippen MR) is 108 cm³/mol. The zero-order valence-electron chi connectivity index (χ0n) is 18.0. The first-order chi connectivity index (χ1) is 15.8. The van der Waals surface area contributed by atoms with E-state index in [0.717, 1.165) is 18.5 Å². The van der Waals surface area contributed by atoms with Crippen LogP contribution in [0.1, 0.15) is 42.4 Å². The Bertz CT molecular complexity index is 1110. The summed E-state index contributed by atoms with van der Waals surface area (Å²) >= 11 is 0. The van der Waals surface area contributed by atoms with Crippen molar-refractivity contribution in [2.24, 2.45) is 5.92 Å². The fraction of sp³-hybridized carbons (Fsp3) is 0.524. The van der Waals surface area contributed by atoms with Crippen LogP contribution in [0.4, 0.5) is 32.3 Å². The van der Waals surface area contributed by atoms with Crippen LogP contribution in [-0.2, 0) is 17.1 Å². The number of hydrogen-bond donors (Lipinski definition) is 1. The highest BCUT2D eigenvalue weighted by Crippen LogP contribution is 2.43. The van der Waals surface area contributed by atoms with Crippen LogP contribution in [0.15, 0.2) is 29.5 Å². The fourth-order valence-electron chi connectivity index (χ4n) is 4.37. The molecule has 184 valence electrons. The number of alkyl halides is 6. The molecule has 7 nitrogen and oxygen atoms in total. The molecule has 0 radical (unpaired) electrons. The Kier molecular flexibility index (Phi) is 6.06. The van der Waals surface area contributed by atoms with Gasteiger partial charge in [0.25, 0.3) is 5.56 Å². The quantitative estimate of drug-likeness (QED) is 0.669. The maximum Gasteiger partial charge on any atom is 0.421 e. The molecule has 1 saturated heterocycles. The number of hydrogen-bond acceptors (Lipinski definition) is 5. The zero-order chi connectivity index (χ0) is 24.8. The van der Waals surface area contributed by atoms with Gasteiger partial charge in [0.1, 0.15) is 5.56 Å². The lowest BCUT2D eigenvalue weighted by atomic mass is 9.71. The number of halogens is 6. The van der Waals surface area contributed by atoms with Gasteiger partial charge in [0.05, 0.1) is 5.56 Å². The molecule has 1 amide bonds. The Morgan fingerprint density at radius 3 is 2.26 bits per heavy atom. The molecule has 0 aromatic carbocycles. The first-order valence-corrected chi connectivity index (χ1v) is 10.6. The molecule has 2 aromatic heterocycles. The van der Waals surface area contributed by atoms with Gasteiger partial charge >= 0.3 is 12.4 Å². The van der Waals surface area contributed by atoms with E-state index in [1.54, 1.807) is 9.80 Å². The number of carbonyl (C=O) groups is 1. The van der Waals surface area contributed by atoms with E-state index < -0.39 is 29.0 Å². The number of amides is 1. The largest absolute Gasteiger partial charge is 0.421 e. The summed E-state index contributed by atoms with van der Waals surface area (Å²) in [6.45, 7) is 2.80. The van der Waals surface area contributed by atoms with Crippen LogP contribution in [0.25, 0.3) is 0 Å². The summed E-state index contributed by atoms with van der Waals surface area (Å²) in [5.74, 6) is -0.571. The van der Waals surface area contributed by atoms with Gasteiger partial charge in [-0.1, -0.05) is 0 Å². The molecule has 1 aliphatic carbocycles. The molecule has 13 heteroatoms. The molecule has 4 rings (SSSR count). The Labute approximate surface area is 189 Å². The minimum absolute atomic E-state index is 0.114. The van der Waals surface area contributed by atoms with Crippen LogP contribution in [0, 0.1) is 5.92 Å². The van der Waals surface area contributed by atoms with Crippen molar-refractivity contribution >= 4 is 11.9 Å². The second-order valence-corrected chi connectivity index (χ2v) is 8.63. The van der Waals surface area contributed by atoms with E-state index in [1.807, 2.05) is 6.92 Å². The highest BCUT2D eigenvalue weighted by molar-refractivity contribution is 5.80. The van der Waals surface area contributed by atoms with Crippen LogP contribution >= 0.6 is 0 Å². The number of anilines is 1. The molecule has 0 unspecified atom stereocenters. The van der Waals surface area contributed by atoms with Gasteiger partial charge in [-0.2, -0.15) is 26.3 Å². The van der Waals surface area contributed by atoms with Crippen LogP contribution in [0.3, 0.4) is 0 Å². The molecule has 0 bridgehead atoms. The van der Waals surface area contributed by atoms with Crippen molar-refractivity contribution < 1.29 is 31.1 Å². The third kappa shape index (κ3) is 4.73. The summed E-state index contributed by atoms with van der Waals surface area (Å²) in [6, 6.07) is 0.589. The van der Waals surface area contributed by atoms with E-state index in [0.29, 0.717) is 38.0 Å². The molecular weight excluding hydrogens is 468 g/mol. The highest BCUT2D eigenvalue weighted by atomic mass is 19.4. The Morgan fingerprint density at radius 2 is 1.71 bits per heavy atom. The lowest BCUT2D eigenvalue weighted by Gasteiger charge is -2.44. The molecule has 2 aromatic rings. The average molecular weight is 489 g/mol. The average Bonchev–Trinajstić information content (AvgIpc) is 2.72. The van der Waals surface area contributed by atoms with Gasteiger partial charge in [-0.15, -0.1) is 0 Å². The zero-order valence-corrected chi connectivity index (χ0v) is 18.0. The number of aromatic amines is 1. The number of carbonyl (C=O) groups excluding carboxylic acids is 1. The van der Waals surface area contributed by atoms with Gasteiger partial charge in [0.2, 0.25) is 11.9 Å². The molecular formula is C21H21F6N5O2. The van der Waals surface area contributed by atoms with Gasteiger partial charge in [-0.05, 0) is 37.3 Å². The first kappa shape index (κ1) is 24.0. The Morgan fingerprint density at radius 1 is 1.06 bits per heavy atom. The van der Waals surface area contributed by atoms with Crippen LogP contribution in [0.2, 0.25) is 0 Å². The van der Waals surface area contributed by atoms with Crippen molar-refractivity contribution in [1.82, 2.24) is 19.9 Å². The SMILES string of the molecule is C[C@H]1CN(c2ncc(C(F)(F)F)cn2)CCN1C(=O)C1CC(c2c[nH]c(=O)c(C(F)(F)F)c2)C1. The lowest BCUT2D eigenvalue weighted by Crippen LogP contribution is -2.56. The van der Waals surface area contributed by atoms with Gasteiger partial charge in [0, 0.05) is 50.2 Å². The third-order valence-corrected chi connectivity index (χ3v) is 6.35. The lowest BCUT2D eigenvalue weighted by molar-refractivity contribution is -0.142. The van der Waals surface area contributed by atoms with Crippen LogP contribution < -0.4 is 10.5 Å².